The molecular weight excluding hydrogens is 271 g/mol. The fourth-order valence-corrected chi connectivity index (χ4v) is 3.82. The predicted octanol–water partition coefficient (Wildman–Crippen LogP) is 2.63. The molecule has 2 aliphatic rings. The molecule has 2 unspecified atom stereocenters. The van der Waals surface area contributed by atoms with E-state index in [0.29, 0.717) is 12.1 Å². The number of carbonyl (C=O) groups is 1. The summed E-state index contributed by atoms with van der Waals surface area (Å²) in [6.45, 7) is 3.56. The molecule has 4 nitrogen and oxygen atoms in total. The first-order chi connectivity index (χ1) is 10.0. The third kappa shape index (κ3) is 2.50. The minimum Gasteiger partial charge on any atom is -0.479 e. The zero-order chi connectivity index (χ0) is 15.0. The van der Waals surface area contributed by atoms with Gasteiger partial charge < -0.3 is 10.4 Å². The molecule has 1 aromatic carbocycles. The zero-order valence-corrected chi connectivity index (χ0v) is 12.2. The molecule has 0 radical (unpaired) electrons. The van der Waals surface area contributed by atoms with Gasteiger partial charge in [-0.25, -0.2) is 9.18 Å². The van der Waals surface area contributed by atoms with Crippen LogP contribution in [0, 0.1) is 12.7 Å². The summed E-state index contributed by atoms with van der Waals surface area (Å²) in [5.74, 6) is -1.17. The summed E-state index contributed by atoms with van der Waals surface area (Å²) in [4.78, 5) is 14.2. The number of carboxylic acid groups (broad SMARTS) is 1. The Bertz CT molecular complexity index is 543. The second-order valence-corrected chi connectivity index (χ2v) is 6.22. The molecule has 1 aromatic rings. The monoisotopic (exact) mass is 292 g/mol. The molecule has 2 atom stereocenters. The molecule has 0 saturated carbocycles. The summed E-state index contributed by atoms with van der Waals surface area (Å²) in [6, 6.07) is 4.62. The van der Waals surface area contributed by atoms with E-state index >= 15 is 0 Å². The number of anilines is 1. The average molecular weight is 292 g/mol. The van der Waals surface area contributed by atoms with E-state index in [0.717, 1.165) is 37.9 Å². The molecule has 5 heteroatoms. The van der Waals surface area contributed by atoms with Crippen LogP contribution in [0.2, 0.25) is 0 Å². The van der Waals surface area contributed by atoms with Crippen molar-refractivity contribution in [3.8, 4) is 0 Å². The van der Waals surface area contributed by atoms with E-state index in [1.807, 2.05) is 6.92 Å². The van der Waals surface area contributed by atoms with Crippen LogP contribution in [0.3, 0.4) is 0 Å². The standard InChI is InChI=1S/C16H21FN2O2/c1-11-8-12(17)10-13(9-11)18-16(15(20)21)5-7-19-6-3-2-4-14(16)19/h8-10,14,18H,2-7H2,1H3,(H,20,21). The van der Waals surface area contributed by atoms with Gasteiger partial charge in [-0.05, 0) is 56.5 Å². The van der Waals surface area contributed by atoms with Gasteiger partial charge >= 0.3 is 5.97 Å². The van der Waals surface area contributed by atoms with Crippen molar-refractivity contribution in [2.75, 3.05) is 18.4 Å². The van der Waals surface area contributed by atoms with Gasteiger partial charge in [-0.1, -0.05) is 6.42 Å². The van der Waals surface area contributed by atoms with Gasteiger partial charge in [-0.15, -0.1) is 0 Å². The number of rotatable bonds is 3. The van der Waals surface area contributed by atoms with Gasteiger partial charge in [0.15, 0.2) is 5.54 Å². The maximum atomic E-state index is 13.6. The van der Waals surface area contributed by atoms with Crippen molar-refractivity contribution in [2.45, 2.75) is 44.2 Å². The third-order valence-corrected chi connectivity index (χ3v) is 4.77. The number of piperidine rings is 1. The van der Waals surface area contributed by atoms with Crippen molar-refractivity contribution in [3.63, 3.8) is 0 Å². The number of hydrogen-bond acceptors (Lipinski definition) is 3. The first-order valence-corrected chi connectivity index (χ1v) is 7.54. The zero-order valence-electron chi connectivity index (χ0n) is 12.2. The third-order valence-electron chi connectivity index (χ3n) is 4.77. The highest BCUT2D eigenvalue weighted by Gasteiger charge is 2.53. The number of benzene rings is 1. The summed E-state index contributed by atoms with van der Waals surface area (Å²) in [6.07, 6.45) is 3.63. The number of fused-ring (bicyclic) bond motifs is 1. The predicted molar refractivity (Wildman–Crippen MR) is 79.0 cm³/mol. The highest BCUT2D eigenvalue weighted by molar-refractivity contribution is 5.84. The quantitative estimate of drug-likeness (QED) is 0.899. The van der Waals surface area contributed by atoms with Crippen molar-refractivity contribution in [1.82, 2.24) is 4.90 Å². The van der Waals surface area contributed by atoms with Gasteiger partial charge in [0.05, 0.1) is 0 Å². The molecule has 0 spiro atoms. The van der Waals surface area contributed by atoms with E-state index in [2.05, 4.69) is 10.2 Å². The van der Waals surface area contributed by atoms with Gasteiger partial charge in [-0.3, -0.25) is 4.90 Å². The summed E-state index contributed by atoms with van der Waals surface area (Å²) < 4.78 is 13.6. The van der Waals surface area contributed by atoms with Crippen LogP contribution in [0.1, 0.15) is 31.2 Å². The van der Waals surface area contributed by atoms with Crippen LogP contribution in [-0.2, 0) is 4.79 Å². The highest BCUT2D eigenvalue weighted by atomic mass is 19.1. The van der Waals surface area contributed by atoms with E-state index in [9.17, 15) is 14.3 Å². The van der Waals surface area contributed by atoms with E-state index in [1.54, 1.807) is 6.07 Å². The molecule has 3 rings (SSSR count). The summed E-state index contributed by atoms with van der Waals surface area (Å²) in [7, 11) is 0. The van der Waals surface area contributed by atoms with Crippen LogP contribution in [0.5, 0.6) is 0 Å². The van der Waals surface area contributed by atoms with Crippen molar-refractivity contribution in [1.29, 1.82) is 0 Å². The Labute approximate surface area is 124 Å². The topological polar surface area (TPSA) is 52.6 Å². The first kappa shape index (κ1) is 14.3. The van der Waals surface area contributed by atoms with Gasteiger partial charge in [0, 0.05) is 18.3 Å². The van der Waals surface area contributed by atoms with Gasteiger partial charge in [-0.2, -0.15) is 0 Å². The van der Waals surface area contributed by atoms with Crippen LogP contribution in [0.25, 0.3) is 0 Å². The van der Waals surface area contributed by atoms with Gasteiger partial charge in [0.25, 0.3) is 0 Å². The smallest absolute Gasteiger partial charge is 0.331 e. The number of carboxylic acids is 1. The number of halogens is 1. The van der Waals surface area contributed by atoms with E-state index in [1.165, 1.54) is 12.1 Å². The summed E-state index contributed by atoms with van der Waals surface area (Å²) in [5, 5.41) is 13.0. The normalized spacial score (nSPS) is 29.1. The maximum absolute atomic E-state index is 13.6. The molecule has 2 fully saturated rings. The largest absolute Gasteiger partial charge is 0.479 e. The first-order valence-electron chi connectivity index (χ1n) is 7.54. The Morgan fingerprint density at radius 3 is 2.90 bits per heavy atom. The van der Waals surface area contributed by atoms with Crippen LogP contribution in [-0.4, -0.2) is 40.6 Å². The Balaban J connectivity index is 1.93. The Kier molecular flexibility index (Phi) is 3.61. The van der Waals surface area contributed by atoms with Crippen molar-refractivity contribution in [2.24, 2.45) is 0 Å². The molecule has 0 bridgehead atoms. The van der Waals surface area contributed by atoms with Crippen molar-refractivity contribution < 1.29 is 14.3 Å². The molecule has 2 saturated heterocycles. The molecule has 2 heterocycles. The fraction of sp³-hybridized carbons (Fsp3) is 0.562. The Hall–Kier alpha value is -1.62. The molecule has 0 amide bonds. The lowest BCUT2D eigenvalue weighted by atomic mass is 9.85. The van der Waals surface area contributed by atoms with Crippen LogP contribution in [0.4, 0.5) is 10.1 Å². The molecule has 2 N–H and O–H groups in total. The number of nitrogens with one attached hydrogen (secondary N) is 1. The molecule has 0 aromatic heterocycles. The number of aliphatic carboxylic acids is 1. The van der Waals surface area contributed by atoms with E-state index < -0.39 is 11.5 Å². The van der Waals surface area contributed by atoms with Crippen molar-refractivity contribution >= 4 is 11.7 Å². The van der Waals surface area contributed by atoms with Crippen LogP contribution < -0.4 is 5.32 Å². The Morgan fingerprint density at radius 1 is 1.38 bits per heavy atom. The molecule has 0 aliphatic carbocycles. The van der Waals surface area contributed by atoms with E-state index in [-0.39, 0.29) is 11.9 Å². The molecule has 2 aliphatic heterocycles. The highest BCUT2D eigenvalue weighted by Crippen LogP contribution is 2.38. The lowest BCUT2D eigenvalue weighted by Crippen LogP contribution is -2.57. The number of aryl methyl sites for hydroxylation is 1. The number of hydrogen-bond donors (Lipinski definition) is 2. The molecule has 21 heavy (non-hydrogen) atoms. The second kappa shape index (κ2) is 5.30. The minimum atomic E-state index is -0.999. The van der Waals surface area contributed by atoms with E-state index in [4.69, 9.17) is 0 Å². The summed E-state index contributed by atoms with van der Waals surface area (Å²) >= 11 is 0. The SMILES string of the molecule is Cc1cc(F)cc(NC2(C(=O)O)CCN3CCCCC32)c1. The fourth-order valence-electron chi connectivity index (χ4n) is 3.82. The number of nitrogens with zero attached hydrogens (tertiary/aromatic N) is 1. The van der Waals surface area contributed by atoms with Crippen LogP contribution in [0.15, 0.2) is 18.2 Å². The maximum Gasteiger partial charge on any atom is 0.331 e. The summed E-state index contributed by atoms with van der Waals surface area (Å²) in [5.41, 5.74) is 0.347. The lowest BCUT2D eigenvalue weighted by molar-refractivity contribution is -0.143. The van der Waals surface area contributed by atoms with Gasteiger partial charge in [0.1, 0.15) is 5.82 Å². The van der Waals surface area contributed by atoms with Crippen LogP contribution >= 0.6 is 0 Å². The van der Waals surface area contributed by atoms with Gasteiger partial charge in [0.2, 0.25) is 0 Å². The molecule has 114 valence electrons. The Morgan fingerprint density at radius 2 is 2.19 bits per heavy atom. The average Bonchev–Trinajstić information content (AvgIpc) is 2.78. The van der Waals surface area contributed by atoms with Crippen molar-refractivity contribution in [3.05, 3.63) is 29.6 Å². The second-order valence-electron chi connectivity index (χ2n) is 6.22. The molecular formula is C16H21FN2O2. The minimum absolute atomic E-state index is 0.00711. The lowest BCUT2D eigenvalue weighted by Gasteiger charge is -2.39.